The van der Waals surface area contributed by atoms with Gasteiger partial charge < -0.3 is 5.73 Å². The number of benzene rings is 1. The third-order valence-corrected chi connectivity index (χ3v) is 3.47. The number of nitrogen functional groups attached to an aromatic ring is 1. The fourth-order valence-electron chi connectivity index (χ4n) is 1.38. The lowest BCUT2D eigenvalue weighted by Gasteiger charge is -2.15. The number of hydrogen-bond donors (Lipinski definition) is 1. The monoisotopic (exact) mass is 311 g/mol. The lowest BCUT2D eigenvalue weighted by Crippen LogP contribution is -2.08. The van der Waals surface area contributed by atoms with Crippen LogP contribution in [-0.2, 0) is 0 Å². The summed E-state index contributed by atoms with van der Waals surface area (Å²) in [5, 5.41) is 0. The molecule has 2 N–H and O–H groups in total. The summed E-state index contributed by atoms with van der Waals surface area (Å²) >= 11 is 1.77. The van der Waals surface area contributed by atoms with Crippen molar-refractivity contribution < 1.29 is 8.78 Å². The van der Waals surface area contributed by atoms with E-state index in [0.717, 1.165) is 0 Å². The summed E-state index contributed by atoms with van der Waals surface area (Å²) in [5.41, 5.74) is 6.08. The molecule has 1 nitrogen and oxygen atoms in total. The average molecular weight is 311 g/mol. The standard InChI is InChI=1S/C10H12F2IN/c1-4(2)6-7(11)5(3)9(13)8(12)10(6)14/h4H,14H2,1-3H3. The van der Waals surface area contributed by atoms with Crippen molar-refractivity contribution in [1.82, 2.24) is 0 Å². The van der Waals surface area contributed by atoms with E-state index in [-0.39, 0.29) is 26.6 Å². The SMILES string of the molecule is Cc1c(F)c(C(C)C)c(N)c(F)c1I. The van der Waals surface area contributed by atoms with E-state index in [9.17, 15) is 8.78 Å². The maximum absolute atomic E-state index is 13.7. The molecule has 0 unspecified atom stereocenters. The van der Waals surface area contributed by atoms with Gasteiger partial charge in [-0.1, -0.05) is 13.8 Å². The summed E-state index contributed by atoms with van der Waals surface area (Å²) in [6, 6.07) is 0. The van der Waals surface area contributed by atoms with Crippen LogP contribution in [0.4, 0.5) is 14.5 Å². The van der Waals surface area contributed by atoms with Crippen LogP contribution in [0.1, 0.15) is 30.9 Å². The van der Waals surface area contributed by atoms with Crippen LogP contribution in [0.2, 0.25) is 0 Å². The second-order valence-electron chi connectivity index (χ2n) is 3.55. The van der Waals surface area contributed by atoms with Crippen molar-refractivity contribution in [3.05, 3.63) is 26.3 Å². The summed E-state index contributed by atoms with van der Waals surface area (Å²) in [4.78, 5) is 0. The number of hydrogen-bond acceptors (Lipinski definition) is 1. The second kappa shape index (κ2) is 4.00. The van der Waals surface area contributed by atoms with Crippen molar-refractivity contribution in [3.8, 4) is 0 Å². The Hall–Kier alpha value is -0.390. The Balaban J connectivity index is 3.60. The van der Waals surface area contributed by atoms with Gasteiger partial charge in [0.15, 0.2) is 5.82 Å². The van der Waals surface area contributed by atoms with Gasteiger partial charge in [0.2, 0.25) is 0 Å². The van der Waals surface area contributed by atoms with Gasteiger partial charge in [0.1, 0.15) is 5.82 Å². The highest BCUT2D eigenvalue weighted by Crippen LogP contribution is 2.33. The molecule has 0 atom stereocenters. The minimum absolute atomic E-state index is 0.0625. The Bertz CT molecular complexity index is 346. The first-order chi connectivity index (χ1) is 6.37. The van der Waals surface area contributed by atoms with Crippen LogP contribution in [0, 0.1) is 22.1 Å². The van der Waals surface area contributed by atoms with E-state index >= 15 is 0 Å². The molecular formula is C10H12F2IN. The third-order valence-electron chi connectivity index (χ3n) is 2.19. The first-order valence-electron chi connectivity index (χ1n) is 4.30. The molecule has 1 aromatic rings. The molecule has 0 aliphatic heterocycles. The molecule has 0 radical (unpaired) electrons. The van der Waals surface area contributed by atoms with Gasteiger partial charge >= 0.3 is 0 Å². The van der Waals surface area contributed by atoms with E-state index in [1.807, 2.05) is 0 Å². The largest absolute Gasteiger partial charge is 0.396 e. The molecule has 1 aromatic carbocycles. The molecule has 0 fully saturated rings. The lowest BCUT2D eigenvalue weighted by atomic mass is 9.98. The van der Waals surface area contributed by atoms with Crippen molar-refractivity contribution in [2.45, 2.75) is 26.7 Å². The highest BCUT2D eigenvalue weighted by atomic mass is 127. The molecular weight excluding hydrogens is 299 g/mol. The molecule has 4 heteroatoms. The Morgan fingerprint density at radius 1 is 1.21 bits per heavy atom. The maximum Gasteiger partial charge on any atom is 0.160 e. The predicted octanol–water partition coefficient (Wildman–Crippen LogP) is 3.58. The topological polar surface area (TPSA) is 26.0 Å². The first-order valence-corrected chi connectivity index (χ1v) is 5.38. The Labute approximate surface area is 95.8 Å². The van der Waals surface area contributed by atoms with Gasteiger partial charge in [0, 0.05) is 11.1 Å². The van der Waals surface area contributed by atoms with Crippen molar-refractivity contribution in [1.29, 1.82) is 0 Å². The van der Waals surface area contributed by atoms with Crippen molar-refractivity contribution in [3.63, 3.8) is 0 Å². The summed E-state index contributed by atoms with van der Waals surface area (Å²) in [7, 11) is 0. The molecule has 0 bridgehead atoms. The third kappa shape index (κ3) is 1.71. The van der Waals surface area contributed by atoms with E-state index in [2.05, 4.69) is 0 Å². The van der Waals surface area contributed by atoms with E-state index in [1.165, 1.54) is 0 Å². The van der Waals surface area contributed by atoms with Crippen LogP contribution in [0.15, 0.2) is 0 Å². The van der Waals surface area contributed by atoms with Crippen molar-refractivity contribution >= 4 is 28.3 Å². The van der Waals surface area contributed by atoms with Crippen LogP contribution in [0.3, 0.4) is 0 Å². The highest BCUT2D eigenvalue weighted by molar-refractivity contribution is 14.1. The zero-order valence-corrected chi connectivity index (χ0v) is 10.4. The molecule has 14 heavy (non-hydrogen) atoms. The molecule has 0 aromatic heterocycles. The Morgan fingerprint density at radius 3 is 2.14 bits per heavy atom. The van der Waals surface area contributed by atoms with Crippen LogP contribution >= 0.6 is 22.6 Å². The van der Waals surface area contributed by atoms with E-state index < -0.39 is 5.82 Å². The minimum Gasteiger partial charge on any atom is -0.396 e. The molecule has 0 spiro atoms. The second-order valence-corrected chi connectivity index (χ2v) is 4.63. The normalized spacial score (nSPS) is 11.1. The molecule has 0 amide bonds. The molecule has 1 rings (SSSR count). The van der Waals surface area contributed by atoms with Crippen molar-refractivity contribution in [2.75, 3.05) is 5.73 Å². The van der Waals surface area contributed by atoms with Gasteiger partial charge in [-0.05, 0) is 35.4 Å². The first kappa shape index (κ1) is 11.7. The lowest BCUT2D eigenvalue weighted by molar-refractivity contribution is 0.566. The van der Waals surface area contributed by atoms with Gasteiger partial charge in [-0.25, -0.2) is 8.78 Å². The van der Waals surface area contributed by atoms with E-state index in [1.54, 1.807) is 43.4 Å². The molecule has 0 heterocycles. The zero-order chi connectivity index (χ0) is 11.0. The van der Waals surface area contributed by atoms with Gasteiger partial charge in [0.05, 0.1) is 9.26 Å². The number of nitrogens with two attached hydrogens (primary N) is 1. The number of halogens is 3. The smallest absolute Gasteiger partial charge is 0.160 e. The molecule has 78 valence electrons. The van der Waals surface area contributed by atoms with Crippen LogP contribution < -0.4 is 5.73 Å². The maximum atomic E-state index is 13.7. The molecule has 0 aliphatic rings. The summed E-state index contributed by atoms with van der Waals surface area (Å²) < 4.78 is 27.5. The zero-order valence-electron chi connectivity index (χ0n) is 8.29. The Kier molecular flexibility index (Phi) is 3.34. The number of anilines is 1. The quantitative estimate of drug-likeness (QED) is 0.479. The van der Waals surface area contributed by atoms with Crippen LogP contribution in [-0.4, -0.2) is 0 Å². The van der Waals surface area contributed by atoms with Gasteiger partial charge in [-0.2, -0.15) is 0 Å². The van der Waals surface area contributed by atoms with Crippen molar-refractivity contribution in [2.24, 2.45) is 0 Å². The van der Waals surface area contributed by atoms with Gasteiger partial charge in [-0.3, -0.25) is 0 Å². The van der Waals surface area contributed by atoms with Gasteiger partial charge in [0.25, 0.3) is 0 Å². The van der Waals surface area contributed by atoms with Crippen LogP contribution in [0.5, 0.6) is 0 Å². The fraction of sp³-hybridized carbons (Fsp3) is 0.400. The van der Waals surface area contributed by atoms with E-state index in [0.29, 0.717) is 5.56 Å². The van der Waals surface area contributed by atoms with Crippen LogP contribution in [0.25, 0.3) is 0 Å². The van der Waals surface area contributed by atoms with Gasteiger partial charge in [-0.15, -0.1) is 0 Å². The van der Waals surface area contributed by atoms with E-state index in [4.69, 9.17) is 5.73 Å². The average Bonchev–Trinajstić information content (AvgIpc) is 2.11. The molecule has 0 saturated heterocycles. The minimum atomic E-state index is -0.506. The molecule has 0 saturated carbocycles. The summed E-state index contributed by atoms with van der Waals surface area (Å²) in [5.74, 6) is -1.00. The summed E-state index contributed by atoms with van der Waals surface area (Å²) in [6.07, 6.45) is 0. The number of rotatable bonds is 1. The fourth-order valence-corrected chi connectivity index (χ4v) is 1.91. The highest BCUT2D eigenvalue weighted by Gasteiger charge is 2.20. The predicted molar refractivity (Wildman–Crippen MR) is 62.3 cm³/mol. The Morgan fingerprint density at radius 2 is 1.71 bits per heavy atom. The molecule has 0 aliphatic carbocycles. The summed E-state index contributed by atoms with van der Waals surface area (Å²) in [6.45, 7) is 5.15.